The molecule has 0 radical (unpaired) electrons. The summed E-state index contributed by atoms with van der Waals surface area (Å²) in [7, 11) is 0. The average molecular weight is 534 g/mol. The molecule has 3 heterocycles. The van der Waals surface area contributed by atoms with Crippen LogP contribution in [0.4, 0.5) is 4.39 Å². The van der Waals surface area contributed by atoms with Gasteiger partial charge >= 0.3 is 11.7 Å². The molecule has 2 aromatic heterocycles. The fourth-order valence-electron chi connectivity index (χ4n) is 4.14. The molecule has 0 fully saturated rings. The van der Waals surface area contributed by atoms with E-state index in [0.29, 0.717) is 11.3 Å². The van der Waals surface area contributed by atoms with Gasteiger partial charge in [-0.05, 0) is 42.0 Å². The van der Waals surface area contributed by atoms with E-state index < -0.39 is 29.5 Å². The first-order valence-corrected chi connectivity index (χ1v) is 11.9. The number of aromatic nitrogens is 3. The van der Waals surface area contributed by atoms with E-state index in [-0.39, 0.29) is 22.8 Å². The van der Waals surface area contributed by atoms with Crippen LogP contribution >= 0.6 is 11.6 Å². The molecule has 1 atom stereocenters. The summed E-state index contributed by atoms with van der Waals surface area (Å²) in [5.74, 6) is -3.65. The van der Waals surface area contributed by atoms with Crippen LogP contribution in [0.2, 0.25) is 5.02 Å². The monoisotopic (exact) mass is 533 g/mol. The Morgan fingerprint density at radius 2 is 1.84 bits per heavy atom. The Morgan fingerprint density at radius 3 is 2.55 bits per heavy atom. The first-order chi connectivity index (χ1) is 18.4. The first-order valence-electron chi connectivity index (χ1n) is 11.5. The molecule has 0 spiro atoms. The zero-order chi connectivity index (χ0) is 26.7. The number of carbonyl (C=O) groups is 2. The number of nitrogens with zero attached hydrogens (tertiary/aromatic N) is 3. The lowest BCUT2D eigenvalue weighted by molar-refractivity contribution is -0.182. The number of primary amides is 1. The molecule has 38 heavy (non-hydrogen) atoms. The third-order valence-electron chi connectivity index (χ3n) is 5.98. The van der Waals surface area contributed by atoms with E-state index in [9.17, 15) is 14.0 Å². The largest absolute Gasteiger partial charge is 0.447 e. The number of hydrogen-bond donors (Lipinski definition) is 2. The topological polar surface area (TPSA) is 121 Å². The normalized spacial score (nSPS) is 14.4. The number of hydrogen-bond acceptors (Lipinski definition) is 6. The predicted octanol–water partition coefficient (Wildman–Crippen LogP) is 3.77. The average Bonchev–Trinajstić information content (AvgIpc) is 3.60. The molecule has 0 saturated heterocycles. The van der Waals surface area contributed by atoms with Crippen molar-refractivity contribution in [2.45, 2.75) is 18.2 Å². The number of rotatable bonds is 8. The summed E-state index contributed by atoms with van der Waals surface area (Å²) in [6.45, 7) is 0. The lowest BCUT2D eigenvalue weighted by Crippen LogP contribution is -2.61. The summed E-state index contributed by atoms with van der Waals surface area (Å²) in [6, 6.07) is 17.0. The van der Waals surface area contributed by atoms with Crippen LogP contribution in [0.5, 0.6) is 0 Å². The fourth-order valence-corrected chi connectivity index (χ4v) is 4.41. The van der Waals surface area contributed by atoms with Crippen LogP contribution in [0.3, 0.4) is 0 Å². The van der Waals surface area contributed by atoms with E-state index in [2.05, 4.69) is 15.4 Å². The molecule has 1 aliphatic rings. The number of nitrogens with one attached hydrogen (secondary N) is 1. The molecular weight excluding hydrogens is 513 g/mol. The van der Waals surface area contributed by atoms with Crippen molar-refractivity contribution in [2.24, 2.45) is 5.73 Å². The molecule has 2 aromatic carbocycles. The van der Waals surface area contributed by atoms with Crippen LogP contribution in [0.25, 0.3) is 17.1 Å². The van der Waals surface area contributed by atoms with Crippen molar-refractivity contribution >= 4 is 23.4 Å². The summed E-state index contributed by atoms with van der Waals surface area (Å²) in [5, 5.41) is 7.51. The predicted molar refractivity (Wildman–Crippen MR) is 136 cm³/mol. The number of amides is 2. The Labute approximate surface area is 221 Å². The SMILES string of the molecule is NC(=O)C1(C(Cc2ccccc2)NC(=O)c2cccnc2-n2ccc(-c3ccc(F)cc3Cl)n2)OC=CO1. The van der Waals surface area contributed by atoms with Gasteiger partial charge in [0.15, 0.2) is 5.82 Å². The smallest absolute Gasteiger partial charge is 0.352 e. The second-order valence-corrected chi connectivity index (χ2v) is 8.81. The quantitative estimate of drug-likeness (QED) is 0.355. The van der Waals surface area contributed by atoms with E-state index in [1.165, 1.54) is 41.6 Å². The van der Waals surface area contributed by atoms with Crippen molar-refractivity contribution in [1.29, 1.82) is 0 Å². The standard InChI is InChI=1S/C27H21ClFN5O4/c28-21-16-18(29)8-9-19(21)22-10-12-34(33-22)24-20(7-4-11-31-24)25(35)32-23(15-17-5-2-1-3-6-17)27(26(30)36)37-13-14-38-27/h1-14,16,23H,15H2,(H2,30,36)(H,32,35). The van der Waals surface area contributed by atoms with Gasteiger partial charge in [0.25, 0.3) is 5.91 Å². The van der Waals surface area contributed by atoms with Gasteiger partial charge in [-0.3, -0.25) is 9.59 Å². The number of nitrogens with two attached hydrogens (primary N) is 1. The number of ether oxygens (including phenoxy) is 2. The van der Waals surface area contributed by atoms with E-state index in [0.717, 1.165) is 5.56 Å². The highest BCUT2D eigenvalue weighted by Gasteiger charge is 2.51. The maximum atomic E-state index is 13.6. The number of halogens is 2. The van der Waals surface area contributed by atoms with Crippen LogP contribution in [0.1, 0.15) is 15.9 Å². The van der Waals surface area contributed by atoms with Crippen molar-refractivity contribution in [3.05, 3.63) is 114 Å². The molecule has 0 saturated carbocycles. The van der Waals surface area contributed by atoms with Crippen molar-refractivity contribution in [3.63, 3.8) is 0 Å². The van der Waals surface area contributed by atoms with Crippen molar-refractivity contribution in [3.8, 4) is 17.1 Å². The Bertz CT molecular complexity index is 1520. The van der Waals surface area contributed by atoms with E-state index >= 15 is 0 Å². The molecule has 0 bridgehead atoms. The summed E-state index contributed by atoms with van der Waals surface area (Å²) < 4.78 is 25.9. The number of carbonyl (C=O) groups excluding carboxylic acids is 2. The van der Waals surface area contributed by atoms with Crippen molar-refractivity contribution in [1.82, 2.24) is 20.1 Å². The highest BCUT2D eigenvalue weighted by atomic mass is 35.5. The minimum absolute atomic E-state index is 0.163. The van der Waals surface area contributed by atoms with Gasteiger partial charge in [0, 0.05) is 24.4 Å². The molecule has 4 aromatic rings. The van der Waals surface area contributed by atoms with Crippen LogP contribution in [-0.2, 0) is 20.7 Å². The number of pyridine rings is 1. The van der Waals surface area contributed by atoms with E-state index in [4.69, 9.17) is 26.8 Å². The third kappa shape index (κ3) is 4.81. The molecule has 3 N–H and O–H groups in total. The van der Waals surface area contributed by atoms with Crippen LogP contribution in [0, 0.1) is 5.82 Å². The maximum Gasteiger partial charge on any atom is 0.352 e. The second-order valence-electron chi connectivity index (χ2n) is 8.40. The van der Waals surface area contributed by atoms with Crippen LogP contribution in [-0.4, -0.2) is 38.4 Å². The van der Waals surface area contributed by atoms with Crippen molar-refractivity contribution in [2.75, 3.05) is 0 Å². The zero-order valence-corrected chi connectivity index (χ0v) is 20.5. The Balaban J connectivity index is 1.47. The van der Waals surface area contributed by atoms with Gasteiger partial charge in [0.05, 0.1) is 16.3 Å². The van der Waals surface area contributed by atoms with Crippen LogP contribution in [0.15, 0.2) is 91.6 Å². The zero-order valence-electron chi connectivity index (χ0n) is 19.8. The highest BCUT2D eigenvalue weighted by Crippen LogP contribution is 2.29. The molecule has 9 nitrogen and oxygen atoms in total. The van der Waals surface area contributed by atoms with E-state index in [1.807, 2.05) is 30.3 Å². The van der Waals surface area contributed by atoms with Gasteiger partial charge < -0.3 is 20.5 Å². The molecule has 2 amide bonds. The summed E-state index contributed by atoms with van der Waals surface area (Å²) in [6.07, 6.45) is 5.71. The summed E-state index contributed by atoms with van der Waals surface area (Å²) in [5.41, 5.74) is 7.62. The lowest BCUT2D eigenvalue weighted by Gasteiger charge is -2.33. The van der Waals surface area contributed by atoms with Crippen molar-refractivity contribution < 1.29 is 23.5 Å². The second kappa shape index (κ2) is 10.3. The molecule has 192 valence electrons. The van der Waals surface area contributed by atoms with Crippen LogP contribution < -0.4 is 11.1 Å². The first kappa shape index (κ1) is 25.0. The van der Waals surface area contributed by atoms with Gasteiger partial charge in [-0.25, -0.2) is 14.1 Å². The van der Waals surface area contributed by atoms with Gasteiger partial charge in [-0.1, -0.05) is 41.9 Å². The Kier molecular flexibility index (Phi) is 6.80. The maximum absolute atomic E-state index is 13.6. The minimum Gasteiger partial charge on any atom is -0.447 e. The molecule has 0 aliphatic carbocycles. The van der Waals surface area contributed by atoms with E-state index in [1.54, 1.807) is 24.4 Å². The molecule has 5 rings (SSSR count). The minimum atomic E-state index is -1.94. The van der Waals surface area contributed by atoms with Gasteiger partial charge in [0.2, 0.25) is 0 Å². The highest BCUT2D eigenvalue weighted by molar-refractivity contribution is 6.33. The fraction of sp³-hybridized carbons (Fsp3) is 0.111. The molecule has 1 unspecified atom stereocenters. The van der Waals surface area contributed by atoms with Gasteiger partial charge in [-0.15, -0.1) is 0 Å². The summed E-state index contributed by atoms with van der Waals surface area (Å²) in [4.78, 5) is 30.4. The molecule has 1 aliphatic heterocycles. The summed E-state index contributed by atoms with van der Waals surface area (Å²) >= 11 is 6.19. The van der Waals surface area contributed by atoms with Gasteiger partial charge in [-0.2, -0.15) is 5.10 Å². The Hall–Kier alpha value is -4.70. The lowest BCUT2D eigenvalue weighted by atomic mass is 9.97. The Morgan fingerprint density at radius 1 is 1.08 bits per heavy atom. The van der Waals surface area contributed by atoms with Gasteiger partial charge in [0.1, 0.15) is 24.4 Å². The molecule has 11 heteroatoms. The number of benzene rings is 2. The molecular formula is C27H21ClFN5O4. The third-order valence-corrected chi connectivity index (χ3v) is 6.29.